The third kappa shape index (κ3) is 8.32. The average molecular weight is 262 g/mol. The Morgan fingerprint density at radius 3 is 2.53 bits per heavy atom. The summed E-state index contributed by atoms with van der Waals surface area (Å²) in [5.74, 6) is 0.598. The van der Waals surface area contributed by atoms with Crippen LogP contribution in [0.3, 0.4) is 0 Å². The molecule has 0 saturated heterocycles. The largest absolute Gasteiger partial charge is 0.355 e. The summed E-state index contributed by atoms with van der Waals surface area (Å²) in [6.45, 7) is 5.18. The Bertz CT molecular complexity index is 247. The first-order valence-electron chi connectivity index (χ1n) is 6.30. The zero-order chi connectivity index (χ0) is 13.3. The van der Waals surface area contributed by atoms with E-state index in [4.69, 9.17) is 5.73 Å². The van der Waals surface area contributed by atoms with E-state index in [9.17, 15) is 9.00 Å². The number of rotatable bonds is 9. The van der Waals surface area contributed by atoms with E-state index in [0.717, 1.165) is 19.3 Å². The van der Waals surface area contributed by atoms with E-state index in [0.29, 0.717) is 25.4 Å². The molecule has 0 aliphatic carbocycles. The topological polar surface area (TPSA) is 72.2 Å². The fourth-order valence-electron chi connectivity index (χ4n) is 1.59. The van der Waals surface area contributed by atoms with Crippen LogP contribution in [-0.4, -0.2) is 34.7 Å². The molecule has 0 heterocycles. The molecule has 3 atom stereocenters. The SMILES string of the molecule is CCC(CCN)CCC(=O)NCC(C)S(C)=O. The monoisotopic (exact) mass is 262 g/mol. The van der Waals surface area contributed by atoms with E-state index in [1.807, 2.05) is 6.92 Å². The summed E-state index contributed by atoms with van der Waals surface area (Å²) in [5.41, 5.74) is 5.51. The molecule has 5 heteroatoms. The molecule has 0 rings (SSSR count). The van der Waals surface area contributed by atoms with Crippen molar-refractivity contribution in [3.05, 3.63) is 0 Å². The van der Waals surface area contributed by atoms with Crippen LogP contribution in [0.2, 0.25) is 0 Å². The van der Waals surface area contributed by atoms with Gasteiger partial charge in [-0.15, -0.1) is 0 Å². The van der Waals surface area contributed by atoms with Crippen LogP contribution in [0.15, 0.2) is 0 Å². The van der Waals surface area contributed by atoms with E-state index < -0.39 is 10.8 Å². The van der Waals surface area contributed by atoms with Gasteiger partial charge in [0.25, 0.3) is 0 Å². The van der Waals surface area contributed by atoms with E-state index in [2.05, 4.69) is 12.2 Å². The van der Waals surface area contributed by atoms with Crippen molar-refractivity contribution in [1.82, 2.24) is 5.32 Å². The predicted octanol–water partition coefficient (Wildman–Crippen LogP) is 1.02. The number of carbonyl (C=O) groups is 1. The number of hydrogen-bond acceptors (Lipinski definition) is 3. The molecule has 4 nitrogen and oxygen atoms in total. The smallest absolute Gasteiger partial charge is 0.220 e. The van der Waals surface area contributed by atoms with Crippen LogP contribution in [0, 0.1) is 5.92 Å². The Kier molecular flexibility index (Phi) is 9.36. The molecule has 1 amide bonds. The van der Waals surface area contributed by atoms with Crippen molar-refractivity contribution in [2.45, 2.75) is 44.8 Å². The highest BCUT2D eigenvalue weighted by Gasteiger charge is 2.11. The number of carbonyl (C=O) groups excluding carboxylic acids is 1. The van der Waals surface area contributed by atoms with Gasteiger partial charge in [-0.1, -0.05) is 13.3 Å². The van der Waals surface area contributed by atoms with Crippen LogP contribution in [0.25, 0.3) is 0 Å². The second kappa shape index (κ2) is 9.59. The van der Waals surface area contributed by atoms with E-state index in [1.54, 1.807) is 6.26 Å². The van der Waals surface area contributed by atoms with Gasteiger partial charge in [-0.2, -0.15) is 0 Å². The second-order valence-corrected chi connectivity index (χ2v) is 6.31. The highest BCUT2D eigenvalue weighted by atomic mass is 32.2. The fourth-order valence-corrected chi connectivity index (χ4v) is 1.90. The molecule has 0 fully saturated rings. The standard InChI is InChI=1S/C12H26N2O2S/c1-4-11(7-8-13)5-6-12(15)14-9-10(2)17(3)16/h10-11H,4-9,13H2,1-3H3,(H,14,15). The van der Waals surface area contributed by atoms with Gasteiger partial charge in [0.15, 0.2) is 0 Å². The van der Waals surface area contributed by atoms with Gasteiger partial charge in [0.1, 0.15) is 0 Å². The van der Waals surface area contributed by atoms with Crippen molar-refractivity contribution < 1.29 is 9.00 Å². The van der Waals surface area contributed by atoms with Crippen LogP contribution >= 0.6 is 0 Å². The summed E-state index contributed by atoms with van der Waals surface area (Å²) >= 11 is 0. The maximum atomic E-state index is 11.6. The first-order valence-corrected chi connectivity index (χ1v) is 7.92. The van der Waals surface area contributed by atoms with Gasteiger partial charge in [0, 0.05) is 35.3 Å². The van der Waals surface area contributed by atoms with E-state index in [1.165, 1.54) is 0 Å². The van der Waals surface area contributed by atoms with Gasteiger partial charge in [-0.3, -0.25) is 9.00 Å². The number of nitrogens with one attached hydrogen (secondary N) is 1. The molecule has 3 unspecified atom stereocenters. The third-order valence-electron chi connectivity index (χ3n) is 3.09. The lowest BCUT2D eigenvalue weighted by Crippen LogP contribution is -2.32. The fraction of sp³-hybridized carbons (Fsp3) is 0.917. The molecule has 0 spiro atoms. The molecule has 0 aromatic carbocycles. The van der Waals surface area contributed by atoms with Crippen molar-refractivity contribution in [1.29, 1.82) is 0 Å². The minimum absolute atomic E-state index is 0.0185. The molecule has 0 aromatic heterocycles. The third-order valence-corrected chi connectivity index (χ3v) is 4.39. The molecule has 0 aliphatic rings. The molecule has 3 N–H and O–H groups in total. The molecule has 0 bridgehead atoms. The Balaban J connectivity index is 3.75. The Morgan fingerprint density at radius 1 is 1.41 bits per heavy atom. The van der Waals surface area contributed by atoms with Gasteiger partial charge < -0.3 is 11.1 Å². The lowest BCUT2D eigenvalue weighted by Gasteiger charge is -2.14. The van der Waals surface area contributed by atoms with E-state index >= 15 is 0 Å². The van der Waals surface area contributed by atoms with Crippen LogP contribution in [0.4, 0.5) is 0 Å². The van der Waals surface area contributed by atoms with Crippen molar-refractivity contribution in [3.63, 3.8) is 0 Å². The van der Waals surface area contributed by atoms with Gasteiger partial charge in [-0.05, 0) is 32.2 Å². The summed E-state index contributed by atoms with van der Waals surface area (Å²) in [4.78, 5) is 11.6. The van der Waals surface area contributed by atoms with Crippen molar-refractivity contribution in [3.8, 4) is 0 Å². The quantitative estimate of drug-likeness (QED) is 0.652. The van der Waals surface area contributed by atoms with Crippen molar-refractivity contribution >= 4 is 16.7 Å². The van der Waals surface area contributed by atoms with Crippen LogP contribution in [0.5, 0.6) is 0 Å². The molecule has 102 valence electrons. The molecular weight excluding hydrogens is 236 g/mol. The lowest BCUT2D eigenvalue weighted by atomic mass is 9.96. The minimum Gasteiger partial charge on any atom is -0.355 e. The highest BCUT2D eigenvalue weighted by molar-refractivity contribution is 7.84. The van der Waals surface area contributed by atoms with Gasteiger partial charge in [0.05, 0.1) is 0 Å². The van der Waals surface area contributed by atoms with Crippen LogP contribution in [-0.2, 0) is 15.6 Å². The summed E-state index contributed by atoms with van der Waals surface area (Å²) in [6.07, 6.45) is 5.15. The van der Waals surface area contributed by atoms with Gasteiger partial charge in [0.2, 0.25) is 5.91 Å². The summed E-state index contributed by atoms with van der Waals surface area (Å²) < 4.78 is 11.1. The number of amides is 1. The predicted molar refractivity (Wildman–Crippen MR) is 73.2 cm³/mol. The number of nitrogens with two attached hydrogens (primary N) is 1. The molecule has 0 saturated carbocycles. The maximum absolute atomic E-state index is 11.6. The minimum atomic E-state index is -0.875. The highest BCUT2D eigenvalue weighted by Crippen LogP contribution is 2.14. The van der Waals surface area contributed by atoms with Gasteiger partial charge in [-0.25, -0.2) is 0 Å². The maximum Gasteiger partial charge on any atom is 0.220 e. The molecule has 17 heavy (non-hydrogen) atoms. The normalized spacial score (nSPS) is 16.2. The Morgan fingerprint density at radius 2 is 2.06 bits per heavy atom. The van der Waals surface area contributed by atoms with Crippen molar-refractivity contribution in [2.75, 3.05) is 19.3 Å². The summed E-state index contributed by atoms with van der Waals surface area (Å²) in [5, 5.41) is 2.84. The van der Waals surface area contributed by atoms with Crippen molar-refractivity contribution in [2.24, 2.45) is 11.7 Å². The summed E-state index contributed by atoms with van der Waals surface area (Å²) in [6, 6.07) is 0. The first kappa shape index (κ1) is 16.6. The number of hydrogen-bond donors (Lipinski definition) is 2. The Hall–Kier alpha value is -0.420. The zero-order valence-electron chi connectivity index (χ0n) is 11.2. The molecule has 0 aliphatic heterocycles. The summed E-state index contributed by atoms with van der Waals surface area (Å²) in [7, 11) is -0.875. The zero-order valence-corrected chi connectivity index (χ0v) is 12.0. The molecule has 0 radical (unpaired) electrons. The molecular formula is C12H26N2O2S. The molecule has 0 aromatic rings. The van der Waals surface area contributed by atoms with Crippen LogP contribution in [0.1, 0.15) is 39.5 Å². The van der Waals surface area contributed by atoms with E-state index in [-0.39, 0.29) is 11.2 Å². The van der Waals surface area contributed by atoms with Gasteiger partial charge >= 0.3 is 0 Å². The average Bonchev–Trinajstić information content (AvgIpc) is 2.31. The Labute approximate surface area is 107 Å². The van der Waals surface area contributed by atoms with Crippen LogP contribution < -0.4 is 11.1 Å². The second-order valence-electron chi connectivity index (χ2n) is 4.50. The first-order chi connectivity index (χ1) is 8.01. The lowest BCUT2D eigenvalue weighted by molar-refractivity contribution is -0.121.